The second-order valence-electron chi connectivity index (χ2n) is 7.84. The van der Waals surface area contributed by atoms with E-state index >= 15 is 0 Å². The summed E-state index contributed by atoms with van der Waals surface area (Å²) in [6, 6.07) is 17.4. The topological polar surface area (TPSA) is 93.7 Å². The minimum absolute atomic E-state index is 0.525. The molecule has 0 aliphatic heterocycles. The first-order valence-electron chi connectivity index (χ1n) is 13.1. The molecular formula is C29H45NO8. The third-order valence-electron chi connectivity index (χ3n) is 4.88. The average Bonchev–Trinajstić information content (AvgIpc) is 2.97. The molecular weight excluding hydrogens is 490 g/mol. The van der Waals surface area contributed by atoms with Gasteiger partial charge in [0.2, 0.25) is 0 Å². The molecule has 0 saturated heterocycles. The maximum absolute atomic E-state index is 10.6. The van der Waals surface area contributed by atoms with Gasteiger partial charge in [0, 0.05) is 31.5 Å². The normalized spacial score (nSPS) is 10.6. The monoisotopic (exact) mass is 535 g/mol. The highest BCUT2D eigenvalue weighted by Gasteiger charge is 1.96. The van der Waals surface area contributed by atoms with Gasteiger partial charge in [0.1, 0.15) is 6.29 Å². The van der Waals surface area contributed by atoms with Gasteiger partial charge in [-0.3, -0.25) is 4.79 Å². The number of carbonyl (C=O) groups excluding carboxylic acids is 1. The number of nitrogens with one attached hydrogen (secondary N) is 1. The molecule has 0 aromatic heterocycles. The molecule has 0 heterocycles. The van der Waals surface area contributed by atoms with E-state index in [1.807, 2.05) is 49.4 Å². The lowest BCUT2D eigenvalue weighted by molar-refractivity contribution is -0.0173. The summed E-state index contributed by atoms with van der Waals surface area (Å²) < 4.78 is 37.5. The van der Waals surface area contributed by atoms with E-state index in [-0.39, 0.29) is 0 Å². The number of hydrogen-bond acceptors (Lipinski definition) is 9. The van der Waals surface area contributed by atoms with Crippen molar-refractivity contribution in [2.75, 3.05) is 98.3 Å². The predicted molar refractivity (Wildman–Crippen MR) is 148 cm³/mol. The first kappa shape index (κ1) is 33.7. The van der Waals surface area contributed by atoms with Crippen LogP contribution in [0.4, 0.5) is 5.69 Å². The summed E-state index contributed by atoms with van der Waals surface area (Å²) in [5.41, 5.74) is 2.79. The summed E-state index contributed by atoms with van der Waals surface area (Å²) in [6.45, 7) is 10.0. The van der Waals surface area contributed by atoms with Crippen molar-refractivity contribution in [3.8, 4) is 0 Å². The number of methoxy groups -OCH3 is 1. The van der Waals surface area contributed by atoms with Gasteiger partial charge in [-0.25, -0.2) is 0 Å². The molecule has 0 aliphatic rings. The van der Waals surface area contributed by atoms with Crippen LogP contribution in [0.5, 0.6) is 0 Å². The van der Waals surface area contributed by atoms with Crippen LogP contribution in [-0.4, -0.2) is 99.2 Å². The number of aldehydes is 1. The fourth-order valence-electron chi connectivity index (χ4n) is 2.81. The molecule has 0 amide bonds. The van der Waals surface area contributed by atoms with E-state index in [1.165, 1.54) is 0 Å². The van der Waals surface area contributed by atoms with Crippen molar-refractivity contribution in [3.63, 3.8) is 0 Å². The highest BCUT2D eigenvalue weighted by Crippen LogP contribution is 2.07. The minimum Gasteiger partial charge on any atom is -0.385 e. The standard InChI is InChI=1S/C26H37NO7.C3H8O/c28-22-24-6-8-26(9-7-24)27-10-11-29-12-13-30-14-15-31-16-17-32-18-19-33-20-21-34-23-25-4-2-1-3-5-25;1-3-4-2/h1-9,22,27H,10-21,23H2;3H2,1-2H3. The van der Waals surface area contributed by atoms with Gasteiger partial charge in [0.25, 0.3) is 0 Å². The van der Waals surface area contributed by atoms with Crippen LogP contribution in [0.3, 0.4) is 0 Å². The van der Waals surface area contributed by atoms with Crippen molar-refractivity contribution >= 4 is 12.0 Å². The third kappa shape index (κ3) is 20.7. The van der Waals surface area contributed by atoms with Crippen molar-refractivity contribution in [2.45, 2.75) is 13.5 Å². The highest BCUT2D eigenvalue weighted by atomic mass is 16.6. The molecule has 0 spiro atoms. The van der Waals surface area contributed by atoms with Crippen LogP contribution in [0.25, 0.3) is 0 Å². The van der Waals surface area contributed by atoms with Crippen LogP contribution < -0.4 is 5.32 Å². The van der Waals surface area contributed by atoms with Crippen LogP contribution in [-0.2, 0) is 39.8 Å². The van der Waals surface area contributed by atoms with E-state index in [4.69, 9.17) is 28.4 Å². The molecule has 0 atom stereocenters. The van der Waals surface area contributed by atoms with Crippen LogP contribution in [0.1, 0.15) is 22.8 Å². The molecule has 0 fully saturated rings. The smallest absolute Gasteiger partial charge is 0.150 e. The van der Waals surface area contributed by atoms with Gasteiger partial charge in [-0.05, 0) is 36.8 Å². The van der Waals surface area contributed by atoms with Crippen molar-refractivity contribution in [2.24, 2.45) is 0 Å². The zero-order valence-corrected chi connectivity index (χ0v) is 22.9. The molecule has 0 unspecified atom stereocenters. The zero-order valence-electron chi connectivity index (χ0n) is 22.9. The predicted octanol–water partition coefficient (Wildman–Crippen LogP) is 3.86. The van der Waals surface area contributed by atoms with Crippen molar-refractivity contribution in [3.05, 3.63) is 65.7 Å². The SMILES string of the molecule is CCOC.O=Cc1ccc(NCCOCCOCCOCCOCCOCCOCc2ccccc2)cc1. The quantitative estimate of drug-likeness (QED) is 0.168. The largest absolute Gasteiger partial charge is 0.385 e. The van der Waals surface area contributed by atoms with E-state index in [0.29, 0.717) is 91.4 Å². The Hall–Kier alpha value is -2.37. The molecule has 38 heavy (non-hydrogen) atoms. The van der Waals surface area contributed by atoms with Crippen molar-refractivity contribution < 1.29 is 38.0 Å². The third-order valence-corrected chi connectivity index (χ3v) is 4.88. The number of hydrogen-bond donors (Lipinski definition) is 1. The average molecular weight is 536 g/mol. The second-order valence-corrected chi connectivity index (χ2v) is 7.84. The zero-order chi connectivity index (χ0) is 27.4. The maximum Gasteiger partial charge on any atom is 0.150 e. The lowest BCUT2D eigenvalue weighted by Gasteiger charge is -2.09. The molecule has 0 saturated carbocycles. The van der Waals surface area contributed by atoms with Gasteiger partial charge in [-0.1, -0.05) is 30.3 Å². The molecule has 2 aromatic rings. The molecule has 0 bridgehead atoms. The van der Waals surface area contributed by atoms with E-state index in [0.717, 1.165) is 24.1 Å². The molecule has 9 nitrogen and oxygen atoms in total. The summed E-state index contributed by atoms with van der Waals surface area (Å²) in [6.07, 6.45) is 0.829. The minimum atomic E-state index is 0.525. The van der Waals surface area contributed by atoms with Crippen molar-refractivity contribution in [1.82, 2.24) is 0 Å². The maximum atomic E-state index is 10.6. The Balaban J connectivity index is 0.00000168. The summed E-state index contributed by atoms with van der Waals surface area (Å²) in [5, 5.41) is 3.23. The lowest BCUT2D eigenvalue weighted by Crippen LogP contribution is -2.15. The Labute approximate surface area is 227 Å². The fraction of sp³-hybridized carbons (Fsp3) is 0.552. The van der Waals surface area contributed by atoms with Crippen LogP contribution >= 0.6 is 0 Å². The molecule has 1 N–H and O–H groups in total. The van der Waals surface area contributed by atoms with Gasteiger partial charge in [-0.15, -0.1) is 0 Å². The molecule has 2 aromatic carbocycles. The number of rotatable bonds is 23. The van der Waals surface area contributed by atoms with Gasteiger partial charge in [-0.2, -0.15) is 0 Å². The van der Waals surface area contributed by atoms with Gasteiger partial charge < -0.3 is 38.5 Å². The number of anilines is 1. The number of benzene rings is 2. The number of carbonyl (C=O) groups is 1. The highest BCUT2D eigenvalue weighted by molar-refractivity contribution is 5.75. The number of ether oxygens (including phenoxy) is 7. The molecule has 214 valence electrons. The lowest BCUT2D eigenvalue weighted by atomic mass is 10.2. The molecule has 0 radical (unpaired) electrons. The molecule has 2 rings (SSSR count). The summed E-state index contributed by atoms with van der Waals surface area (Å²) >= 11 is 0. The Morgan fingerprint density at radius 2 is 1.08 bits per heavy atom. The summed E-state index contributed by atoms with van der Waals surface area (Å²) in [7, 11) is 1.68. The Morgan fingerprint density at radius 3 is 1.53 bits per heavy atom. The Kier molecular flexibility index (Phi) is 23.2. The van der Waals surface area contributed by atoms with Gasteiger partial charge in [0.05, 0.1) is 79.3 Å². The molecule has 9 heteroatoms. The second kappa shape index (κ2) is 26.2. The van der Waals surface area contributed by atoms with Crippen LogP contribution in [0, 0.1) is 0 Å². The van der Waals surface area contributed by atoms with E-state index in [1.54, 1.807) is 19.2 Å². The first-order chi connectivity index (χ1) is 18.8. The van der Waals surface area contributed by atoms with Gasteiger partial charge >= 0.3 is 0 Å². The Bertz CT molecular complexity index is 759. The Morgan fingerprint density at radius 1 is 0.632 bits per heavy atom. The molecule has 0 aliphatic carbocycles. The van der Waals surface area contributed by atoms with E-state index in [9.17, 15) is 4.79 Å². The summed E-state index contributed by atoms with van der Waals surface area (Å²) in [5.74, 6) is 0. The van der Waals surface area contributed by atoms with Crippen molar-refractivity contribution in [1.29, 1.82) is 0 Å². The first-order valence-corrected chi connectivity index (χ1v) is 13.1. The van der Waals surface area contributed by atoms with Crippen LogP contribution in [0.2, 0.25) is 0 Å². The van der Waals surface area contributed by atoms with E-state index < -0.39 is 0 Å². The summed E-state index contributed by atoms with van der Waals surface area (Å²) in [4.78, 5) is 10.6. The van der Waals surface area contributed by atoms with Crippen LogP contribution in [0.15, 0.2) is 54.6 Å². The van der Waals surface area contributed by atoms with Gasteiger partial charge in [0.15, 0.2) is 0 Å². The van der Waals surface area contributed by atoms with E-state index in [2.05, 4.69) is 10.1 Å². The fourth-order valence-corrected chi connectivity index (χ4v) is 2.81.